The van der Waals surface area contributed by atoms with Gasteiger partial charge in [-0.1, -0.05) is 53.6 Å². The summed E-state index contributed by atoms with van der Waals surface area (Å²) in [5.74, 6) is -0.206. The third-order valence-corrected chi connectivity index (χ3v) is 6.75. The average Bonchev–Trinajstić information content (AvgIpc) is 2.73. The molecule has 1 amide bonds. The zero-order valence-electron chi connectivity index (χ0n) is 16.8. The van der Waals surface area contributed by atoms with Crippen molar-refractivity contribution in [2.75, 3.05) is 7.05 Å². The van der Waals surface area contributed by atoms with Gasteiger partial charge in [-0.15, -0.1) is 0 Å². The lowest BCUT2D eigenvalue weighted by Crippen LogP contribution is -2.26. The fourth-order valence-corrected chi connectivity index (χ4v) is 4.30. The van der Waals surface area contributed by atoms with Crippen LogP contribution in [0.2, 0.25) is 5.02 Å². The van der Waals surface area contributed by atoms with Gasteiger partial charge in [0, 0.05) is 30.7 Å². The van der Waals surface area contributed by atoms with E-state index in [0.717, 1.165) is 16.7 Å². The third-order valence-electron chi connectivity index (χ3n) is 4.69. The van der Waals surface area contributed by atoms with Gasteiger partial charge in [0.15, 0.2) is 0 Å². The Hall–Kier alpha value is -2.67. The molecule has 0 heterocycles. The average molecular weight is 443 g/mol. The van der Waals surface area contributed by atoms with E-state index in [1.807, 2.05) is 19.1 Å². The molecule has 0 spiro atoms. The molecule has 30 heavy (non-hydrogen) atoms. The molecule has 7 heteroatoms. The summed E-state index contributed by atoms with van der Waals surface area (Å²) in [7, 11) is -2.04. The van der Waals surface area contributed by atoms with E-state index in [0.29, 0.717) is 17.1 Å². The first-order valence-electron chi connectivity index (χ1n) is 9.40. The summed E-state index contributed by atoms with van der Waals surface area (Å²) in [6.07, 6.45) is 0. The van der Waals surface area contributed by atoms with Crippen molar-refractivity contribution >= 4 is 27.5 Å². The number of nitrogens with zero attached hydrogens (tertiary/aromatic N) is 1. The highest BCUT2D eigenvalue weighted by atomic mass is 35.5. The van der Waals surface area contributed by atoms with Gasteiger partial charge in [-0.05, 0) is 54.4 Å². The van der Waals surface area contributed by atoms with Crippen molar-refractivity contribution in [2.24, 2.45) is 0 Å². The Labute approximate surface area is 182 Å². The molecule has 0 aliphatic rings. The van der Waals surface area contributed by atoms with Crippen LogP contribution in [0.15, 0.2) is 77.7 Å². The first kappa shape index (κ1) is 22.0. The smallest absolute Gasteiger partial charge is 0.251 e. The van der Waals surface area contributed by atoms with Crippen LogP contribution in [0, 0.1) is 6.92 Å². The number of aryl methyl sites for hydroxylation is 1. The number of carbonyl (C=O) groups excluding carboxylic acids is 1. The van der Waals surface area contributed by atoms with Gasteiger partial charge < -0.3 is 5.32 Å². The van der Waals surface area contributed by atoms with Crippen molar-refractivity contribution in [3.8, 4) is 0 Å². The Morgan fingerprint density at radius 3 is 2.27 bits per heavy atom. The molecule has 0 saturated carbocycles. The Morgan fingerprint density at radius 1 is 0.967 bits per heavy atom. The lowest BCUT2D eigenvalue weighted by Gasteiger charge is -2.17. The maximum atomic E-state index is 12.7. The number of rotatable bonds is 7. The highest BCUT2D eigenvalue weighted by molar-refractivity contribution is 7.89. The van der Waals surface area contributed by atoms with Gasteiger partial charge in [0.1, 0.15) is 0 Å². The number of halogens is 1. The van der Waals surface area contributed by atoms with Crippen molar-refractivity contribution in [1.29, 1.82) is 0 Å². The predicted molar refractivity (Wildman–Crippen MR) is 119 cm³/mol. The molecule has 0 radical (unpaired) electrons. The number of hydrogen-bond acceptors (Lipinski definition) is 3. The monoisotopic (exact) mass is 442 g/mol. The minimum Gasteiger partial charge on any atom is -0.348 e. The van der Waals surface area contributed by atoms with E-state index in [-0.39, 0.29) is 17.3 Å². The van der Waals surface area contributed by atoms with E-state index in [9.17, 15) is 13.2 Å². The van der Waals surface area contributed by atoms with Crippen LogP contribution in [0.25, 0.3) is 0 Å². The molecule has 3 aromatic carbocycles. The summed E-state index contributed by atoms with van der Waals surface area (Å²) in [6.45, 7) is 2.49. The molecule has 1 N–H and O–H groups in total. The molecule has 0 bridgehead atoms. The van der Waals surface area contributed by atoms with E-state index < -0.39 is 10.0 Å². The molecule has 0 aromatic heterocycles. The second-order valence-corrected chi connectivity index (χ2v) is 9.56. The van der Waals surface area contributed by atoms with E-state index in [1.165, 1.54) is 4.31 Å². The van der Waals surface area contributed by atoms with E-state index in [2.05, 4.69) is 5.32 Å². The topological polar surface area (TPSA) is 66.5 Å². The van der Waals surface area contributed by atoms with E-state index >= 15 is 0 Å². The lowest BCUT2D eigenvalue weighted by molar-refractivity contribution is 0.0951. The maximum Gasteiger partial charge on any atom is 0.251 e. The zero-order valence-corrected chi connectivity index (χ0v) is 18.4. The van der Waals surface area contributed by atoms with Crippen molar-refractivity contribution < 1.29 is 13.2 Å². The highest BCUT2D eigenvalue weighted by Crippen LogP contribution is 2.18. The fraction of sp³-hybridized carbons (Fsp3) is 0.174. The molecular formula is C23H23ClN2O3S. The van der Waals surface area contributed by atoms with Crippen LogP contribution in [0.1, 0.15) is 27.0 Å². The third kappa shape index (κ3) is 5.48. The molecule has 0 fully saturated rings. The van der Waals surface area contributed by atoms with Crippen LogP contribution in [0.3, 0.4) is 0 Å². The second kappa shape index (κ2) is 9.43. The van der Waals surface area contributed by atoms with Crippen LogP contribution < -0.4 is 5.32 Å². The van der Waals surface area contributed by atoms with Crippen LogP contribution in [-0.2, 0) is 23.1 Å². The fourth-order valence-electron chi connectivity index (χ4n) is 2.93. The van der Waals surface area contributed by atoms with Crippen molar-refractivity contribution in [3.63, 3.8) is 0 Å². The Bertz CT molecular complexity index is 1130. The first-order valence-corrected chi connectivity index (χ1v) is 11.2. The normalized spacial score (nSPS) is 11.5. The number of benzene rings is 3. The van der Waals surface area contributed by atoms with Gasteiger partial charge in [0.05, 0.1) is 4.90 Å². The quantitative estimate of drug-likeness (QED) is 0.589. The Morgan fingerprint density at radius 2 is 1.63 bits per heavy atom. The summed E-state index contributed by atoms with van der Waals surface area (Å²) in [6, 6.07) is 21.0. The number of amides is 1. The highest BCUT2D eigenvalue weighted by Gasteiger charge is 2.20. The molecule has 156 valence electrons. The van der Waals surface area contributed by atoms with Gasteiger partial charge >= 0.3 is 0 Å². The molecule has 0 unspecified atom stereocenters. The van der Waals surface area contributed by atoms with Crippen molar-refractivity contribution in [1.82, 2.24) is 9.62 Å². The summed E-state index contributed by atoms with van der Waals surface area (Å²) >= 11 is 5.95. The van der Waals surface area contributed by atoms with Crippen LogP contribution >= 0.6 is 11.6 Å². The summed E-state index contributed by atoms with van der Waals surface area (Å²) in [4.78, 5) is 12.6. The standard InChI is InChI=1S/C23H23ClN2O3S/c1-17-6-12-22(13-7-17)30(28,29)26(2)16-18-8-10-20(11-9-18)23(27)25-15-19-4-3-5-21(24)14-19/h3-14H,15-16H2,1-2H3,(H,25,27). The Kier molecular flexibility index (Phi) is 6.92. The Balaban J connectivity index is 1.62. The molecular weight excluding hydrogens is 420 g/mol. The number of carbonyl (C=O) groups is 1. The summed E-state index contributed by atoms with van der Waals surface area (Å²) in [5, 5.41) is 3.47. The number of nitrogens with one attached hydrogen (secondary N) is 1. The van der Waals surface area contributed by atoms with Gasteiger partial charge in [-0.2, -0.15) is 4.31 Å². The van der Waals surface area contributed by atoms with Crippen LogP contribution in [-0.4, -0.2) is 25.7 Å². The largest absolute Gasteiger partial charge is 0.348 e. The summed E-state index contributed by atoms with van der Waals surface area (Å²) in [5.41, 5.74) is 3.21. The number of sulfonamides is 1. The maximum absolute atomic E-state index is 12.7. The molecule has 0 aliphatic heterocycles. The molecule has 3 rings (SSSR count). The van der Waals surface area contributed by atoms with Crippen molar-refractivity contribution in [3.05, 3.63) is 100 Å². The molecule has 0 atom stereocenters. The molecule has 3 aromatic rings. The zero-order chi connectivity index (χ0) is 21.7. The van der Waals surface area contributed by atoms with Gasteiger partial charge in [0.25, 0.3) is 5.91 Å². The SMILES string of the molecule is Cc1ccc(S(=O)(=O)N(C)Cc2ccc(C(=O)NCc3cccc(Cl)c3)cc2)cc1. The minimum atomic E-state index is -3.58. The molecule has 0 saturated heterocycles. The molecule has 5 nitrogen and oxygen atoms in total. The second-order valence-electron chi connectivity index (χ2n) is 7.08. The minimum absolute atomic E-state index is 0.206. The number of hydrogen-bond donors (Lipinski definition) is 1. The van der Waals surface area contributed by atoms with Crippen LogP contribution in [0.5, 0.6) is 0 Å². The van der Waals surface area contributed by atoms with Gasteiger partial charge in [-0.3, -0.25) is 4.79 Å². The van der Waals surface area contributed by atoms with Gasteiger partial charge in [0.2, 0.25) is 10.0 Å². The molecule has 0 aliphatic carbocycles. The van der Waals surface area contributed by atoms with Crippen molar-refractivity contribution in [2.45, 2.75) is 24.9 Å². The van der Waals surface area contributed by atoms with E-state index in [1.54, 1.807) is 67.7 Å². The summed E-state index contributed by atoms with van der Waals surface area (Å²) < 4.78 is 26.7. The first-order chi connectivity index (χ1) is 14.3. The van der Waals surface area contributed by atoms with E-state index in [4.69, 9.17) is 11.6 Å². The van der Waals surface area contributed by atoms with Gasteiger partial charge in [-0.25, -0.2) is 8.42 Å². The van der Waals surface area contributed by atoms with Crippen LogP contribution in [0.4, 0.5) is 0 Å². The predicted octanol–water partition coefficient (Wildman–Crippen LogP) is 4.40. The lowest BCUT2D eigenvalue weighted by atomic mass is 10.1.